The molecule has 0 aliphatic carbocycles. The van der Waals surface area contributed by atoms with Gasteiger partial charge in [0.15, 0.2) is 11.6 Å². The Kier molecular flexibility index (Phi) is 3.35. The van der Waals surface area contributed by atoms with Crippen molar-refractivity contribution in [1.82, 2.24) is 4.98 Å². The third-order valence-electron chi connectivity index (χ3n) is 3.13. The van der Waals surface area contributed by atoms with Gasteiger partial charge in [-0.2, -0.15) is 0 Å². The molecule has 2 rings (SSSR count). The molecule has 4 heteroatoms. The summed E-state index contributed by atoms with van der Waals surface area (Å²) in [5.74, 6) is 0.629. The number of anilines is 1. The summed E-state index contributed by atoms with van der Waals surface area (Å²) in [5.41, 5.74) is 1.67. The van der Waals surface area contributed by atoms with Gasteiger partial charge in [0, 0.05) is 24.1 Å². The fourth-order valence-corrected chi connectivity index (χ4v) is 2.09. The van der Waals surface area contributed by atoms with Gasteiger partial charge in [-0.15, -0.1) is 0 Å². The Balaban J connectivity index is 2.75. The second-order valence-electron chi connectivity index (χ2n) is 5.56. The van der Waals surface area contributed by atoms with Crippen molar-refractivity contribution in [3.8, 4) is 5.75 Å². The lowest BCUT2D eigenvalue weighted by Crippen LogP contribution is -2.15. The van der Waals surface area contributed by atoms with Gasteiger partial charge >= 0.3 is 0 Å². The van der Waals surface area contributed by atoms with Crippen molar-refractivity contribution in [2.24, 2.45) is 0 Å². The van der Waals surface area contributed by atoms with Gasteiger partial charge in [-0.25, -0.2) is 9.37 Å². The molecule has 0 atom stereocenters. The van der Waals surface area contributed by atoms with Crippen LogP contribution in [0.4, 0.5) is 10.2 Å². The number of fused-ring (bicyclic) bond motifs is 1. The van der Waals surface area contributed by atoms with E-state index in [2.05, 4.69) is 31.1 Å². The monoisotopic (exact) mass is 262 g/mol. The number of hydrogen-bond donors (Lipinski definition) is 1. The summed E-state index contributed by atoms with van der Waals surface area (Å²) < 4.78 is 18.7. The molecule has 3 nitrogen and oxygen atoms in total. The highest BCUT2D eigenvalue weighted by atomic mass is 19.1. The minimum absolute atomic E-state index is 0.0405. The van der Waals surface area contributed by atoms with Crippen LogP contribution in [-0.2, 0) is 5.41 Å². The molecule has 0 amide bonds. The number of methoxy groups -OCH3 is 1. The smallest absolute Gasteiger partial charge is 0.167 e. The summed E-state index contributed by atoms with van der Waals surface area (Å²) in [6, 6.07) is 5.13. The summed E-state index contributed by atoms with van der Waals surface area (Å²) >= 11 is 0. The summed E-state index contributed by atoms with van der Waals surface area (Å²) in [6.45, 7) is 6.37. The van der Waals surface area contributed by atoms with Crippen LogP contribution in [0.15, 0.2) is 18.2 Å². The number of pyridine rings is 1. The molecule has 1 heterocycles. The average molecular weight is 262 g/mol. The highest BCUT2D eigenvalue weighted by Gasteiger charge is 2.20. The molecule has 0 aliphatic rings. The zero-order chi connectivity index (χ0) is 14.2. The van der Waals surface area contributed by atoms with Crippen LogP contribution in [0.25, 0.3) is 10.9 Å². The number of hydrogen-bond acceptors (Lipinski definition) is 3. The lowest BCUT2D eigenvalue weighted by molar-refractivity contribution is 0.387. The van der Waals surface area contributed by atoms with Crippen LogP contribution in [0.3, 0.4) is 0 Å². The predicted octanol–water partition coefficient (Wildman–Crippen LogP) is 3.72. The minimum atomic E-state index is -0.395. The first kappa shape index (κ1) is 13.6. The van der Waals surface area contributed by atoms with Crippen molar-refractivity contribution in [1.29, 1.82) is 0 Å². The van der Waals surface area contributed by atoms with Gasteiger partial charge in [0.1, 0.15) is 5.82 Å². The van der Waals surface area contributed by atoms with E-state index in [4.69, 9.17) is 4.74 Å². The Labute approximate surface area is 112 Å². The van der Waals surface area contributed by atoms with Gasteiger partial charge in [-0.1, -0.05) is 20.8 Å². The SMILES string of the molecule is CNc1nc2cc(F)c(OC)cc2cc1C(C)(C)C. The van der Waals surface area contributed by atoms with Crippen molar-refractivity contribution in [3.05, 3.63) is 29.6 Å². The van der Waals surface area contributed by atoms with Gasteiger partial charge in [0.2, 0.25) is 0 Å². The molecule has 0 radical (unpaired) electrons. The maximum absolute atomic E-state index is 13.7. The van der Waals surface area contributed by atoms with Crippen LogP contribution >= 0.6 is 0 Å². The second-order valence-corrected chi connectivity index (χ2v) is 5.56. The molecule has 0 fully saturated rings. The molecule has 0 spiro atoms. The number of ether oxygens (including phenoxy) is 1. The molecule has 1 N–H and O–H groups in total. The molecular weight excluding hydrogens is 243 g/mol. The van der Waals surface area contributed by atoms with Crippen LogP contribution in [0.5, 0.6) is 5.75 Å². The Hall–Kier alpha value is -1.84. The molecular formula is C15H19FN2O. The van der Waals surface area contributed by atoms with Crippen LogP contribution in [0, 0.1) is 5.82 Å². The van der Waals surface area contributed by atoms with Crippen molar-refractivity contribution in [2.75, 3.05) is 19.5 Å². The molecule has 0 saturated heterocycles. The normalized spacial score (nSPS) is 11.7. The van der Waals surface area contributed by atoms with E-state index < -0.39 is 5.82 Å². The number of rotatable bonds is 2. The minimum Gasteiger partial charge on any atom is -0.494 e. The van der Waals surface area contributed by atoms with E-state index in [1.165, 1.54) is 13.2 Å². The summed E-state index contributed by atoms with van der Waals surface area (Å²) in [5, 5.41) is 3.95. The quantitative estimate of drug-likeness (QED) is 0.895. The standard InChI is InChI=1S/C15H19FN2O/c1-15(2,3)10-6-9-7-13(19-5)11(16)8-12(9)18-14(10)17-4/h6-8H,1-5H3,(H,17,18). The van der Waals surface area contributed by atoms with Gasteiger partial charge in [-0.05, 0) is 17.5 Å². The highest BCUT2D eigenvalue weighted by Crippen LogP contribution is 2.33. The lowest BCUT2D eigenvalue weighted by atomic mass is 9.86. The predicted molar refractivity (Wildman–Crippen MR) is 76.5 cm³/mol. The first-order valence-electron chi connectivity index (χ1n) is 6.23. The fraction of sp³-hybridized carbons (Fsp3) is 0.400. The summed E-state index contributed by atoms with van der Waals surface area (Å²) in [6.07, 6.45) is 0. The van der Waals surface area contributed by atoms with Crippen molar-refractivity contribution < 1.29 is 9.13 Å². The number of nitrogens with zero attached hydrogens (tertiary/aromatic N) is 1. The maximum atomic E-state index is 13.7. The first-order chi connectivity index (χ1) is 8.86. The molecule has 0 saturated carbocycles. The van der Waals surface area contributed by atoms with Crippen LogP contribution in [0.1, 0.15) is 26.3 Å². The van der Waals surface area contributed by atoms with Gasteiger partial charge in [-0.3, -0.25) is 0 Å². The van der Waals surface area contributed by atoms with Crippen LogP contribution in [-0.4, -0.2) is 19.1 Å². The second kappa shape index (κ2) is 4.68. The summed E-state index contributed by atoms with van der Waals surface area (Å²) in [4.78, 5) is 4.49. The largest absolute Gasteiger partial charge is 0.494 e. The first-order valence-corrected chi connectivity index (χ1v) is 6.23. The average Bonchev–Trinajstić information content (AvgIpc) is 2.35. The van der Waals surface area contributed by atoms with E-state index >= 15 is 0 Å². The van der Waals surface area contributed by atoms with E-state index in [1.807, 2.05) is 13.1 Å². The topological polar surface area (TPSA) is 34.2 Å². The Morgan fingerprint density at radius 2 is 1.89 bits per heavy atom. The van der Waals surface area contributed by atoms with Crippen molar-refractivity contribution >= 4 is 16.7 Å². The van der Waals surface area contributed by atoms with E-state index in [9.17, 15) is 4.39 Å². The third kappa shape index (κ3) is 2.48. The molecule has 0 bridgehead atoms. The maximum Gasteiger partial charge on any atom is 0.167 e. The van der Waals surface area contributed by atoms with Crippen LogP contribution < -0.4 is 10.1 Å². The number of aromatic nitrogens is 1. The molecule has 19 heavy (non-hydrogen) atoms. The number of nitrogens with one attached hydrogen (secondary N) is 1. The van der Waals surface area contributed by atoms with Gasteiger partial charge in [0.05, 0.1) is 12.6 Å². The third-order valence-corrected chi connectivity index (χ3v) is 3.13. The zero-order valence-corrected chi connectivity index (χ0v) is 12.0. The van der Waals surface area contributed by atoms with E-state index in [0.29, 0.717) is 5.52 Å². The van der Waals surface area contributed by atoms with E-state index in [0.717, 1.165) is 16.8 Å². The number of benzene rings is 1. The fourth-order valence-electron chi connectivity index (χ4n) is 2.09. The molecule has 102 valence electrons. The van der Waals surface area contributed by atoms with Gasteiger partial charge < -0.3 is 10.1 Å². The molecule has 1 aromatic heterocycles. The molecule has 0 aliphatic heterocycles. The van der Waals surface area contributed by atoms with Crippen LogP contribution in [0.2, 0.25) is 0 Å². The number of halogens is 1. The Morgan fingerprint density at radius 3 is 2.42 bits per heavy atom. The molecule has 1 aromatic carbocycles. The summed E-state index contributed by atoms with van der Waals surface area (Å²) in [7, 11) is 3.29. The van der Waals surface area contributed by atoms with Gasteiger partial charge in [0.25, 0.3) is 0 Å². The van der Waals surface area contributed by atoms with Crippen molar-refractivity contribution in [2.45, 2.75) is 26.2 Å². The van der Waals surface area contributed by atoms with E-state index in [-0.39, 0.29) is 11.2 Å². The van der Waals surface area contributed by atoms with E-state index in [1.54, 1.807) is 6.07 Å². The lowest BCUT2D eigenvalue weighted by Gasteiger charge is -2.22. The molecule has 0 unspecified atom stereocenters. The molecule has 2 aromatic rings. The highest BCUT2D eigenvalue weighted by molar-refractivity contribution is 5.83. The zero-order valence-electron chi connectivity index (χ0n) is 12.0. The van der Waals surface area contributed by atoms with Crippen molar-refractivity contribution in [3.63, 3.8) is 0 Å². The Morgan fingerprint density at radius 1 is 1.21 bits per heavy atom. The Bertz CT molecular complexity index is 618.